The lowest BCUT2D eigenvalue weighted by Crippen LogP contribution is -2.37. The Bertz CT molecular complexity index is 948. The summed E-state index contributed by atoms with van der Waals surface area (Å²) in [4.78, 5) is 24.8. The molecule has 0 saturated heterocycles. The van der Waals surface area contributed by atoms with E-state index in [2.05, 4.69) is 57.7 Å². The highest BCUT2D eigenvalue weighted by molar-refractivity contribution is 5.80. The smallest absolute Gasteiger partial charge is 0.333 e. The standard InChI is InChI=1S/C26H35NO6/c1-6-21(19-8-7-9-20(13-19)27(16(2)3)17(4)5)22-12-18(10-11-23(22)28)15-33-25(30)14-24(29)26(31)32/h7-13,16-17,21,24,28-29H,6,14-15H2,1-5H3,(H,31,32)/t21-,24+/m1/s1. The van der Waals surface area contributed by atoms with Crippen LogP contribution in [0.3, 0.4) is 0 Å². The van der Waals surface area contributed by atoms with Crippen molar-refractivity contribution in [3.05, 3.63) is 59.2 Å². The number of aliphatic carboxylic acids is 1. The van der Waals surface area contributed by atoms with Gasteiger partial charge in [-0.2, -0.15) is 0 Å². The third-order valence-electron chi connectivity index (χ3n) is 5.60. The normalized spacial score (nSPS) is 13.1. The number of hydrogen-bond acceptors (Lipinski definition) is 6. The predicted molar refractivity (Wildman–Crippen MR) is 127 cm³/mol. The Morgan fingerprint density at radius 1 is 1.03 bits per heavy atom. The number of carboxylic acids is 1. The number of benzene rings is 2. The van der Waals surface area contributed by atoms with Gasteiger partial charge in [0.2, 0.25) is 0 Å². The average molecular weight is 458 g/mol. The predicted octanol–water partition coefficient (Wildman–Crippen LogP) is 4.44. The molecule has 0 aliphatic carbocycles. The van der Waals surface area contributed by atoms with Gasteiger partial charge in [0.1, 0.15) is 12.4 Å². The maximum atomic E-state index is 11.8. The zero-order chi connectivity index (χ0) is 24.7. The summed E-state index contributed by atoms with van der Waals surface area (Å²) in [6.45, 7) is 10.6. The van der Waals surface area contributed by atoms with Crippen molar-refractivity contribution in [1.82, 2.24) is 0 Å². The zero-order valence-corrected chi connectivity index (χ0v) is 20.0. The van der Waals surface area contributed by atoms with Gasteiger partial charge in [0.05, 0.1) is 6.42 Å². The van der Waals surface area contributed by atoms with Crippen molar-refractivity contribution in [2.75, 3.05) is 4.90 Å². The molecule has 7 heteroatoms. The molecule has 2 atom stereocenters. The number of aromatic hydroxyl groups is 1. The van der Waals surface area contributed by atoms with E-state index in [-0.39, 0.29) is 18.3 Å². The first-order valence-corrected chi connectivity index (χ1v) is 11.3. The summed E-state index contributed by atoms with van der Waals surface area (Å²) in [6, 6.07) is 14.0. The van der Waals surface area contributed by atoms with Gasteiger partial charge in [0.15, 0.2) is 6.10 Å². The molecular weight excluding hydrogens is 422 g/mol. The second kappa shape index (κ2) is 11.7. The van der Waals surface area contributed by atoms with Gasteiger partial charge in [-0.3, -0.25) is 4.79 Å². The molecule has 33 heavy (non-hydrogen) atoms. The van der Waals surface area contributed by atoms with E-state index >= 15 is 0 Å². The van der Waals surface area contributed by atoms with Crippen LogP contribution in [0.25, 0.3) is 0 Å². The number of aliphatic hydroxyl groups is 1. The summed E-state index contributed by atoms with van der Waals surface area (Å²) in [7, 11) is 0. The highest BCUT2D eigenvalue weighted by Gasteiger charge is 2.21. The van der Waals surface area contributed by atoms with Crippen LogP contribution in [-0.4, -0.2) is 45.4 Å². The number of anilines is 1. The van der Waals surface area contributed by atoms with Crippen molar-refractivity contribution in [1.29, 1.82) is 0 Å². The molecule has 0 spiro atoms. The first-order valence-electron chi connectivity index (χ1n) is 11.3. The van der Waals surface area contributed by atoms with Gasteiger partial charge < -0.3 is 25.0 Å². The average Bonchev–Trinajstić information content (AvgIpc) is 2.74. The molecular formula is C26H35NO6. The summed E-state index contributed by atoms with van der Waals surface area (Å²) >= 11 is 0. The monoisotopic (exact) mass is 457 g/mol. The van der Waals surface area contributed by atoms with Crippen molar-refractivity contribution in [2.45, 2.75) is 78.2 Å². The van der Waals surface area contributed by atoms with Gasteiger partial charge in [-0.1, -0.05) is 25.1 Å². The van der Waals surface area contributed by atoms with Gasteiger partial charge in [-0.05, 0) is 69.5 Å². The Morgan fingerprint density at radius 3 is 2.27 bits per heavy atom. The highest BCUT2D eigenvalue weighted by Crippen LogP contribution is 2.36. The van der Waals surface area contributed by atoms with E-state index in [9.17, 15) is 19.8 Å². The third-order valence-corrected chi connectivity index (χ3v) is 5.60. The lowest BCUT2D eigenvalue weighted by atomic mass is 9.87. The first kappa shape index (κ1) is 26.2. The Kier molecular flexibility index (Phi) is 9.29. The van der Waals surface area contributed by atoms with Gasteiger partial charge in [0, 0.05) is 29.3 Å². The maximum Gasteiger partial charge on any atom is 0.333 e. The van der Waals surface area contributed by atoms with E-state index in [1.165, 1.54) is 0 Å². The Labute approximate surface area is 195 Å². The number of phenols is 1. The molecule has 0 aliphatic heterocycles. The van der Waals surface area contributed by atoms with Crippen LogP contribution >= 0.6 is 0 Å². The summed E-state index contributed by atoms with van der Waals surface area (Å²) < 4.78 is 5.12. The molecule has 2 aromatic carbocycles. The van der Waals surface area contributed by atoms with Crippen molar-refractivity contribution in [3.63, 3.8) is 0 Å². The highest BCUT2D eigenvalue weighted by atomic mass is 16.5. The van der Waals surface area contributed by atoms with Crippen LogP contribution in [0.4, 0.5) is 5.69 Å². The number of rotatable bonds is 11. The molecule has 0 bridgehead atoms. The minimum absolute atomic E-state index is 0.0596. The molecule has 0 fully saturated rings. The van der Waals surface area contributed by atoms with Crippen molar-refractivity contribution in [3.8, 4) is 5.75 Å². The van der Waals surface area contributed by atoms with Gasteiger partial charge in [0.25, 0.3) is 0 Å². The molecule has 0 amide bonds. The summed E-state index contributed by atoms with van der Waals surface area (Å²) in [5.74, 6) is -2.18. The largest absolute Gasteiger partial charge is 0.508 e. The fourth-order valence-electron chi connectivity index (χ4n) is 4.17. The second-order valence-electron chi connectivity index (χ2n) is 8.76. The Hall–Kier alpha value is -3.06. The van der Waals surface area contributed by atoms with E-state index < -0.39 is 24.5 Å². The molecule has 3 N–H and O–H groups in total. The molecule has 7 nitrogen and oxygen atoms in total. The maximum absolute atomic E-state index is 11.8. The van der Waals surface area contributed by atoms with E-state index in [0.29, 0.717) is 17.6 Å². The lowest BCUT2D eigenvalue weighted by Gasteiger charge is -2.34. The van der Waals surface area contributed by atoms with Crippen LogP contribution in [0, 0.1) is 0 Å². The topological polar surface area (TPSA) is 107 Å². The number of ether oxygens (including phenoxy) is 1. The van der Waals surface area contributed by atoms with E-state index in [1.54, 1.807) is 18.2 Å². The van der Waals surface area contributed by atoms with Crippen LogP contribution in [0.2, 0.25) is 0 Å². The molecule has 0 radical (unpaired) electrons. The van der Waals surface area contributed by atoms with Gasteiger partial charge >= 0.3 is 11.9 Å². The molecule has 2 aromatic rings. The van der Waals surface area contributed by atoms with Crippen molar-refractivity contribution in [2.24, 2.45) is 0 Å². The molecule has 0 unspecified atom stereocenters. The van der Waals surface area contributed by atoms with Crippen molar-refractivity contribution >= 4 is 17.6 Å². The van der Waals surface area contributed by atoms with Crippen LogP contribution in [0.1, 0.15) is 70.1 Å². The van der Waals surface area contributed by atoms with Crippen LogP contribution in [0.5, 0.6) is 5.75 Å². The Morgan fingerprint density at radius 2 is 1.70 bits per heavy atom. The molecule has 0 heterocycles. The summed E-state index contributed by atoms with van der Waals surface area (Å²) in [5.41, 5.74) is 3.60. The number of carbonyl (C=O) groups is 2. The van der Waals surface area contributed by atoms with Crippen molar-refractivity contribution < 1.29 is 29.6 Å². The Balaban J connectivity index is 2.27. The third kappa shape index (κ3) is 6.96. The molecule has 180 valence electrons. The SMILES string of the molecule is CC[C@H](c1cccc(N(C(C)C)C(C)C)c1)c1cc(COC(=O)C[C@H](O)C(=O)O)ccc1O. The van der Waals surface area contributed by atoms with Crippen LogP contribution in [-0.2, 0) is 20.9 Å². The second-order valence-corrected chi connectivity index (χ2v) is 8.76. The number of phenolic OH excluding ortho intramolecular Hbond substituents is 1. The molecule has 0 saturated carbocycles. The number of esters is 1. The number of nitrogens with zero attached hydrogens (tertiary/aromatic N) is 1. The minimum Gasteiger partial charge on any atom is -0.508 e. The fourth-order valence-corrected chi connectivity index (χ4v) is 4.17. The van der Waals surface area contributed by atoms with E-state index in [0.717, 1.165) is 23.2 Å². The first-order chi connectivity index (χ1) is 15.5. The minimum atomic E-state index is -1.79. The van der Waals surface area contributed by atoms with Crippen LogP contribution in [0.15, 0.2) is 42.5 Å². The molecule has 0 aliphatic rings. The van der Waals surface area contributed by atoms with E-state index in [1.807, 2.05) is 6.07 Å². The zero-order valence-electron chi connectivity index (χ0n) is 20.0. The van der Waals surface area contributed by atoms with E-state index in [4.69, 9.17) is 9.84 Å². The number of hydrogen-bond donors (Lipinski definition) is 3. The van der Waals surface area contributed by atoms with Crippen LogP contribution < -0.4 is 4.90 Å². The molecule has 0 aromatic heterocycles. The lowest BCUT2D eigenvalue weighted by molar-refractivity contribution is -0.156. The summed E-state index contributed by atoms with van der Waals surface area (Å²) in [6.07, 6.45) is -1.65. The summed E-state index contributed by atoms with van der Waals surface area (Å²) in [5, 5.41) is 28.6. The number of carboxylic acid groups (broad SMARTS) is 1. The number of aliphatic hydroxyl groups excluding tert-OH is 1. The quantitative estimate of drug-likeness (QED) is 0.428. The molecule has 2 rings (SSSR count). The van der Waals surface area contributed by atoms with Gasteiger partial charge in [-0.15, -0.1) is 0 Å². The van der Waals surface area contributed by atoms with Gasteiger partial charge in [-0.25, -0.2) is 4.79 Å². The number of carbonyl (C=O) groups excluding carboxylic acids is 1. The fraction of sp³-hybridized carbons (Fsp3) is 0.462.